The molecule has 1 atom stereocenters. The van der Waals surface area contributed by atoms with Crippen LogP contribution in [0.1, 0.15) is 6.92 Å². The molecule has 0 aliphatic rings. The lowest BCUT2D eigenvalue weighted by atomic mass is 10.2. The second kappa shape index (κ2) is 8.05. The number of hydrogen-bond acceptors (Lipinski definition) is 4. The summed E-state index contributed by atoms with van der Waals surface area (Å²) in [7, 11) is 1.79. The van der Waals surface area contributed by atoms with E-state index in [9.17, 15) is 14.0 Å². The van der Waals surface area contributed by atoms with Crippen molar-refractivity contribution in [1.82, 2.24) is 14.9 Å². The molecular weight excluding hydrogens is 351 g/mol. The fourth-order valence-electron chi connectivity index (χ4n) is 2.61. The summed E-state index contributed by atoms with van der Waals surface area (Å²) in [6, 6.07) is 10.9. The molecule has 8 heteroatoms. The number of carbonyl (C=O) groups is 1. The number of nitrogens with one attached hydrogen (secondary N) is 3. The van der Waals surface area contributed by atoms with Crippen LogP contribution in [-0.4, -0.2) is 47.0 Å². The molecule has 3 aromatic rings. The molecule has 0 aliphatic heterocycles. The molecule has 0 spiro atoms. The molecular formula is C19H21FN4O3. The summed E-state index contributed by atoms with van der Waals surface area (Å²) < 4.78 is 18.9. The van der Waals surface area contributed by atoms with E-state index in [2.05, 4.69) is 15.3 Å². The zero-order valence-corrected chi connectivity index (χ0v) is 15.1. The summed E-state index contributed by atoms with van der Waals surface area (Å²) in [4.78, 5) is 30.9. The van der Waals surface area contributed by atoms with Crippen molar-refractivity contribution in [2.75, 3.05) is 25.5 Å². The van der Waals surface area contributed by atoms with Gasteiger partial charge in [-0.1, -0.05) is 12.1 Å². The minimum atomic E-state index is -0.421. The zero-order valence-electron chi connectivity index (χ0n) is 15.1. The summed E-state index contributed by atoms with van der Waals surface area (Å²) in [5.74, 6) is -0.415. The maximum atomic E-state index is 13.5. The molecule has 0 radical (unpaired) electrons. The van der Waals surface area contributed by atoms with E-state index in [1.54, 1.807) is 50.4 Å². The van der Waals surface area contributed by atoms with Crippen LogP contribution < -0.4 is 15.7 Å². The number of para-hydroxylation sites is 1. The van der Waals surface area contributed by atoms with Gasteiger partial charge in [0.15, 0.2) is 11.6 Å². The molecule has 0 bridgehead atoms. The Morgan fingerprint density at radius 3 is 2.74 bits per heavy atom. The number of rotatable bonds is 7. The summed E-state index contributed by atoms with van der Waals surface area (Å²) in [6.07, 6.45) is 0. The first-order valence-electron chi connectivity index (χ1n) is 8.54. The second-order valence-corrected chi connectivity index (χ2v) is 6.26. The van der Waals surface area contributed by atoms with E-state index in [0.29, 0.717) is 23.3 Å². The van der Waals surface area contributed by atoms with Crippen LogP contribution in [0.25, 0.3) is 11.0 Å². The normalized spacial score (nSPS) is 12.3. The van der Waals surface area contributed by atoms with Crippen LogP contribution in [0.3, 0.4) is 0 Å². The molecule has 1 unspecified atom stereocenters. The second-order valence-electron chi connectivity index (χ2n) is 6.26. The van der Waals surface area contributed by atoms with E-state index in [-0.39, 0.29) is 24.0 Å². The number of hydrogen-bond donors (Lipinski definition) is 3. The molecule has 3 rings (SSSR count). The van der Waals surface area contributed by atoms with E-state index in [4.69, 9.17) is 4.74 Å². The number of ether oxygens (including phenoxy) is 1. The molecule has 3 N–H and O–H groups in total. The number of H-pyrrole nitrogens is 2. The first-order valence-corrected chi connectivity index (χ1v) is 8.54. The summed E-state index contributed by atoms with van der Waals surface area (Å²) >= 11 is 0. The van der Waals surface area contributed by atoms with Crippen LogP contribution in [0.4, 0.5) is 10.1 Å². The maximum Gasteiger partial charge on any atom is 0.323 e. The van der Waals surface area contributed by atoms with Crippen LogP contribution in [0.2, 0.25) is 0 Å². The van der Waals surface area contributed by atoms with Gasteiger partial charge >= 0.3 is 5.69 Å². The Kier molecular flexibility index (Phi) is 5.56. The van der Waals surface area contributed by atoms with Crippen molar-refractivity contribution in [1.29, 1.82) is 0 Å². The lowest BCUT2D eigenvalue weighted by Gasteiger charge is -2.23. The highest BCUT2D eigenvalue weighted by Gasteiger charge is 2.18. The molecule has 142 valence electrons. The van der Waals surface area contributed by atoms with Crippen LogP contribution in [-0.2, 0) is 4.79 Å². The van der Waals surface area contributed by atoms with Crippen molar-refractivity contribution < 1.29 is 13.9 Å². The molecule has 0 fully saturated rings. The first kappa shape index (κ1) is 18.7. The topological polar surface area (TPSA) is 90.2 Å². The summed E-state index contributed by atoms with van der Waals surface area (Å²) in [6.45, 7) is 2.48. The van der Waals surface area contributed by atoms with Crippen molar-refractivity contribution in [2.24, 2.45) is 0 Å². The van der Waals surface area contributed by atoms with Crippen LogP contribution in [0, 0.1) is 5.82 Å². The lowest BCUT2D eigenvalue weighted by molar-refractivity contribution is -0.120. The number of anilines is 1. The van der Waals surface area contributed by atoms with Crippen LogP contribution >= 0.6 is 0 Å². The van der Waals surface area contributed by atoms with Crippen molar-refractivity contribution in [2.45, 2.75) is 13.0 Å². The van der Waals surface area contributed by atoms with Gasteiger partial charge in [0.1, 0.15) is 6.61 Å². The van der Waals surface area contributed by atoms with Gasteiger partial charge in [-0.05, 0) is 44.3 Å². The van der Waals surface area contributed by atoms with Gasteiger partial charge in [-0.25, -0.2) is 9.18 Å². The smallest absolute Gasteiger partial charge is 0.323 e. The number of nitrogens with zero attached hydrogens (tertiary/aromatic N) is 1. The Morgan fingerprint density at radius 1 is 1.22 bits per heavy atom. The van der Waals surface area contributed by atoms with Gasteiger partial charge in [0.25, 0.3) is 0 Å². The van der Waals surface area contributed by atoms with E-state index in [1.165, 1.54) is 6.07 Å². The Balaban J connectivity index is 1.53. The van der Waals surface area contributed by atoms with Crippen molar-refractivity contribution in [3.63, 3.8) is 0 Å². The largest absolute Gasteiger partial charge is 0.489 e. The van der Waals surface area contributed by atoms with Crippen molar-refractivity contribution in [3.05, 3.63) is 58.8 Å². The van der Waals surface area contributed by atoms with Gasteiger partial charge in [-0.15, -0.1) is 0 Å². The number of carbonyl (C=O) groups excluding carboxylic acids is 1. The Bertz CT molecular complexity index is 998. The van der Waals surface area contributed by atoms with E-state index in [1.807, 2.05) is 4.90 Å². The quantitative estimate of drug-likeness (QED) is 0.594. The average molecular weight is 372 g/mol. The fraction of sp³-hybridized carbons (Fsp3) is 0.263. The SMILES string of the molecule is CC(C(=O)Nc1ccc2[nH]c(=O)[nH]c2c1)N(C)CCOc1ccccc1F. The van der Waals surface area contributed by atoms with E-state index >= 15 is 0 Å². The minimum absolute atomic E-state index is 0.191. The predicted octanol–water partition coefficient (Wildman–Crippen LogP) is 2.33. The highest BCUT2D eigenvalue weighted by Crippen LogP contribution is 2.16. The van der Waals surface area contributed by atoms with Gasteiger partial charge < -0.3 is 20.0 Å². The van der Waals surface area contributed by atoms with Crippen LogP contribution in [0.5, 0.6) is 5.75 Å². The summed E-state index contributed by atoms with van der Waals surface area (Å²) in [5, 5.41) is 2.82. The summed E-state index contributed by atoms with van der Waals surface area (Å²) in [5.41, 5.74) is 1.59. The third-order valence-corrected chi connectivity index (χ3v) is 4.36. The molecule has 7 nitrogen and oxygen atoms in total. The number of benzene rings is 2. The average Bonchev–Trinajstić information content (AvgIpc) is 3.01. The predicted molar refractivity (Wildman–Crippen MR) is 102 cm³/mol. The highest BCUT2D eigenvalue weighted by molar-refractivity contribution is 5.96. The van der Waals surface area contributed by atoms with Gasteiger partial charge in [-0.3, -0.25) is 9.69 Å². The Hall–Kier alpha value is -3.13. The van der Waals surface area contributed by atoms with Gasteiger partial charge in [0.05, 0.1) is 17.1 Å². The van der Waals surface area contributed by atoms with E-state index in [0.717, 1.165) is 0 Å². The lowest BCUT2D eigenvalue weighted by Crippen LogP contribution is -2.41. The molecule has 1 amide bonds. The van der Waals surface area contributed by atoms with Crippen molar-refractivity contribution >= 4 is 22.6 Å². The van der Waals surface area contributed by atoms with Crippen LogP contribution in [0.15, 0.2) is 47.3 Å². The third kappa shape index (κ3) is 4.53. The number of likely N-dealkylation sites (N-methyl/N-ethyl adjacent to an activating group) is 1. The Morgan fingerprint density at radius 2 is 1.96 bits per heavy atom. The van der Waals surface area contributed by atoms with E-state index < -0.39 is 11.9 Å². The molecule has 27 heavy (non-hydrogen) atoms. The fourth-order valence-corrected chi connectivity index (χ4v) is 2.61. The zero-order chi connectivity index (χ0) is 19.4. The number of aromatic nitrogens is 2. The first-order chi connectivity index (χ1) is 12.9. The third-order valence-electron chi connectivity index (χ3n) is 4.36. The minimum Gasteiger partial charge on any atom is -0.489 e. The number of aromatic amines is 2. The number of amides is 1. The number of fused-ring (bicyclic) bond motifs is 1. The number of halogens is 1. The molecule has 0 saturated heterocycles. The van der Waals surface area contributed by atoms with Gasteiger partial charge in [0.2, 0.25) is 5.91 Å². The molecule has 0 aliphatic carbocycles. The standard InChI is InChI=1S/C19H21FN4O3/c1-12(24(2)9-10-27-17-6-4-3-5-14(17)20)18(25)21-13-7-8-15-16(11-13)23-19(26)22-15/h3-8,11-12H,9-10H2,1-2H3,(H,21,25)(H2,22,23,26). The molecule has 2 aromatic carbocycles. The monoisotopic (exact) mass is 372 g/mol. The van der Waals surface area contributed by atoms with Gasteiger partial charge in [0, 0.05) is 12.2 Å². The maximum absolute atomic E-state index is 13.5. The molecule has 1 heterocycles. The number of imidazole rings is 1. The van der Waals surface area contributed by atoms with Gasteiger partial charge in [-0.2, -0.15) is 0 Å². The van der Waals surface area contributed by atoms with Crippen molar-refractivity contribution in [3.8, 4) is 5.75 Å². The molecule has 1 aromatic heterocycles. The Labute approximate surface area is 155 Å². The highest BCUT2D eigenvalue weighted by atomic mass is 19.1. The molecule has 0 saturated carbocycles.